The Morgan fingerprint density at radius 3 is 2.42 bits per heavy atom. The molecule has 1 N–H and O–H groups in total. The van der Waals surface area contributed by atoms with Gasteiger partial charge in [-0.3, -0.25) is 14.9 Å². The molecule has 4 rings (SSSR count). The summed E-state index contributed by atoms with van der Waals surface area (Å²) in [6.07, 6.45) is 1.92. The van der Waals surface area contributed by atoms with Crippen LogP contribution in [0.5, 0.6) is 17.2 Å². The SMILES string of the molecule is COc1ccc(-c2[nH]ncc2CN2CCN(CCOc3ccccc3)CC2)c(OC)c1. The van der Waals surface area contributed by atoms with Crippen LogP contribution in [0.1, 0.15) is 5.56 Å². The van der Waals surface area contributed by atoms with Crippen LogP contribution in [0.2, 0.25) is 0 Å². The molecule has 0 spiro atoms. The van der Waals surface area contributed by atoms with E-state index in [9.17, 15) is 0 Å². The fourth-order valence-corrected chi connectivity index (χ4v) is 3.89. The van der Waals surface area contributed by atoms with Gasteiger partial charge in [-0.15, -0.1) is 0 Å². The van der Waals surface area contributed by atoms with E-state index in [1.54, 1.807) is 14.2 Å². The summed E-state index contributed by atoms with van der Waals surface area (Å²) in [7, 11) is 3.33. The first-order valence-electron chi connectivity index (χ1n) is 10.6. The van der Waals surface area contributed by atoms with Crippen molar-refractivity contribution in [1.82, 2.24) is 20.0 Å². The van der Waals surface area contributed by atoms with Crippen LogP contribution in [0, 0.1) is 0 Å². The predicted octanol–water partition coefficient (Wildman–Crippen LogP) is 3.29. The van der Waals surface area contributed by atoms with Crippen LogP contribution < -0.4 is 14.2 Å². The molecule has 0 radical (unpaired) electrons. The highest BCUT2D eigenvalue weighted by Crippen LogP contribution is 2.34. The van der Waals surface area contributed by atoms with Gasteiger partial charge in [0.2, 0.25) is 0 Å². The number of methoxy groups -OCH3 is 2. The highest BCUT2D eigenvalue weighted by atomic mass is 16.5. The van der Waals surface area contributed by atoms with E-state index in [4.69, 9.17) is 14.2 Å². The van der Waals surface area contributed by atoms with Crippen molar-refractivity contribution < 1.29 is 14.2 Å². The minimum atomic E-state index is 0.715. The Balaban J connectivity index is 1.30. The molecule has 1 saturated heterocycles. The van der Waals surface area contributed by atoms with Gasteiger partial charge >= 0.3 is 0 Å². The van der Waals surface area contributed by atoms with Crippen molar-refractivity contribution in [3.63, 3.8) is 0 Å². The second-order valence-corrected chi connectivity index (χ2v) is 7.62. The molecule has 1 aliphatic heterocycles. The van der Waals surface area contributed by atoms with Gasteiger partial charge in [-0.05, 0) is 24.3 Å². The standard InChI is InChI=1S/C24H30N4O3/c1-29-21-8-9-22(23(16-21)30-2)24-19(17-25-26-24)18-28-12-10-27(11-13-28)14-15-31-20-6-4-3-5-7-20/h3-9,16-17H,10-15,18H2,1-2H3,(H,25,26). The molecule has 1 aromatic heterocycles. The summed E-state index contributed by atoms with van der Waals surface area (Å²) in [5.41, 5.74) is 3.16. The number of benzene rings is 2. The molecular formula is C24H30N4O3. The average Bonchev–Trinajstić information content (AvgIpc) is 3.28. The lowest BCUT2D eigenvalue weighted by atomic mass is 10.1. The van der Waals surface area contributed by atoms with Crippen molar-refractivity contribution in [3.05, 3.63) is 60.3 Å². The highest BCUT2D eigenvalue weighted by Gasteiger charge is 2.20. The molecule has 2 heterocycles. The smallest absolute Gasteiger partial charge is 0.131 e. The maximum atomic E-state index is 5.84. The van der Waals surface area contributed by atoms with Gasteiger partial charge < -0.3 is 14.2 Å². The summed E-state index contributed by atoms with van der Waals surface area (Å²) in [5.74, 6) is 2.48. The molecule has 0 unspecified atom stereocenters. The highest BCUT2D eigenvalue weighted by molar-refractivity contribution is 5.71. The van der Waals surface area contributed by atoms with Crippen LogP contribution in [0.4, 0.5) is 0 Å². The van der Waals surface area contributed by atoms with Crippen LogP contribution in [-0.4, -0.2) is 73.5 Å². The van der Waals surface area contributed by atoms with Gasteiger partial charge in [0.1, 0.15) is 23.9 Å². The summed E-state index contributed by atoms with van der Waals surface area (Å²) in [4.78, 5) is 4.93. The van der Waals surface area contributed by atoms with E-state index in [1.165, 1.54) is 5.56 Å². The van der Waals surface area contributed by atoms with Gasteiger partial charge in [0, 0.05) is 56.5 Å². The number of ether oxygens (including phenoxy) is 3. The van der Waals surface area contributed by atoms with Crippen LogP contribution in [0.25, 0.3) is 11.3 Å². The first-order chi connectivity index (χ1) is 15.3. The largest absolute Gasteiger partial charge is 0.497 e. The Labute approximate surface area is 183 Å². The van der Waals surface area contributed by atoms with Crippen molar-refractivity contribution in [2.45, 2.75) is 6.54 Å². The number of hydrogen-bond acceptors (Lipinski definition) is 6. The van der Waals surface area contributed by atoms with Crippen molar-refractivity contribution >= 4 is 0 Å². The summed E-state index contributed by atoms with van der Waals surface area (Å²) in [6.45, 7) is 6.64. The van der Waals surface area contributed by atoms with E-state index in [2.05, 4.69) is 20.0 Å². The molecule has 0 aliphatic carbocycles. The summed E-state index contributed by atoms with van der Waals surface area (Å²) in [6, 6.07) is 15.9. The summed E-state index contributed by atoms with van der Waals surface area (Å²) in [5, 5.41) is 7.45. The maximum absolute atomic E-state index is 5.84. The number of para-hydroxylation sites is 1. The molecule has 164 valence electrons. The molecule has 31 heavy (non-hydrogen) atoms. The number of aromatic nitrogens is 2. The third-order valence-corrected chi connectivity index (χ3v) is 5.67. The van der Waals surface area contributed by atoms with E-state index in [0.717, 1.165) is 67.8 Å². The lowest BCUT2D eigenvalue weighted by Crippen LogP contribution is -2.47. The van der Waals surface area contributed by atoms with Gasteiger partial charge in [0.15, 0.2) is 0 Å². The summed E-state index contributed by atoms with van der Waals surface area (Å²) < 4.78 is 16.7. The third-order valence-electron chi connectivity index (χ3n) is 5.67. The molecule has 1 aliphatic rings. The zero-order valence-electron chi connectivity index (χ0n) is 18.2. The number of nitrogens with one attached hydrogen (secondary N) is 1. The van der Waals surface area contributed by atoms with Gasteiger partial charge in [-0.1, -0.05) is 18.2 Å². The normalized spacial score (nSPS) is 15.0. The minimum Gasteiger partial charge on any atom is -0.497 e. The fraction of sp³-hybridized carbons (Fsp3) is 0.375. The molecule has 2 aromatic carbocycles. The van der Waals surface area contributed by atoms with Crippen LogP contribution in [-0.2, 0) is 6.54 Å². The first-order valence-corrected chi connectivity index (χ1v) is 10.6. The topological polar surface area (TPSA) is 62.9 Å². The van der Waals surface area contributed by atoms with Gasteiger partial charge in [0.05, 0.1) is 26.1 Å². The molecule has 7 nitrogen and oxygen atoms in total. The Morgan fingerprint density at radius 1 is 0.903 bits per heavy atom. The molecular weight excluding hydrogens is 392 g/mol. The quantitative estimate of drug-likeness (QED) is 0.571. The predicted molar refractivity (Wildman–Crippen MR) is 121 cm³/mol. The lowest BCUT2D eigenvalue weighted by Gasteiger charge is -2.34. The van der Waals surface area contributed by atoms with Crippen LogP contribution in [0.3, 0.4) is 0 Å². The second-order valence-electron chi connectivity index (χ2n) is 7.62. The number of aromatic amines is 1. The van der Waals surface area contributed by atoms with E-state index < -0.39 is 0 Å². The number of piperazine rings is 1. The van der Waals surface area contributed by atoms with Crippen LogP contribution in [0.15, 0.2) is 54.7 Å². The minimum absolute atomic E-state index is 0.715. The Morgan fingerprint density at radius 2 is 1.68 bits per heavy atom. The number of H-pyrrole nitrogens is 1. The van der Waals surface area contributed by atoms with Crippen LogP contribution >= 0.6 is 0 Å². The Kier molecular flexibility index (Phi) is 7.07. The molecule has 0 bridgehead atoms. The molecule has 7 heteroatoms. The zero-order valence-corrected chi connectivity index (χ0v) is 18.2. The monoisotopic (exact) mass is 422 g/mol. The molecule has 0 saturated carbocycles. The molecule has 0 atom stereocenters. The van der Waals surface area contributed by atoms with E-state index in [0.29, 0.717) is 6.61 Å². The molecule has 0 amide bonds. The number of rotatable bonds is 9. The van der Waals surface area contributed by atoms with Crippen molar-refractivity contribution in [2.24, 2.45) is 0 Å². The molecule has 1 fully saturated rings. The Hall–Kier alpha value is -3.03. The lowest BCUT2D eigenvalue weighted by molar-refractivity contribution is 0.112. The van der Waals surface area contributed by atoms with Gasteiger partial charge in [-0.2, -0.15) is 5.10 Å². The second kappa shape index (κ2) is 10.3. The van der Waals surface area contributed by atoms with E-state index in [1.807, 2.05) is 54.7 Å². The van der Waals surface area contributed by atoms with Crippen molar-refractivity contribution in [3.8, 4) is 28.5 Å². The van der Waals surface area contributed by atoms with Gasteiger partial charge in [-0.25, -0.2) is 0 Å². The van der Waals surface area contributed by atoms with E-state index in [-0.39, 0.29) is 0 Å². The number of nitrogens with zero attached hydrogens (tertiary/aromatic N) is 3. The van der Waals surface area contributed by atoms with Crippen molar-refractivity contribution in [2.75, 3.05) is 53.6 Å². The number of hydrogen-bond donors (Lipinski definition) is 1. The van der Waals surface area contributed by atoms with Gasteiger partial charge in [0.25, 0.3) is 0 Å². The Bertz CT molecular complexity index is 952. The zero-order chi connectivity index (χ0) is 21.5. The third kappa shape index (κ3) is 5.37. The molecule has 3 aromatic rings. The average molecular weight is 423 g/mol. The fourth-order valence-electron chi connectivity index (χ4n) is 3.89. The van der Waals surface area contributed by atoms with Crippen molar-refractivity contribution in [1.29, 1.82) is 0 Å². The van der Waals surface area contributed by atoms with E-state index >= 15 is 0 Å². The first kappa shape index (κ1) is 21.2. The summed E-state index contributed by atoms with van der Waals surface area (Å²) >= 11 is 0. The maximum Gasteiger partial charge on any atom is 0.131 e.